The minimum atomic E-state index is -0.0105. The van der Waals surface area contributed by atoms with Crippen molar-refractivity contribution in [3.63, 3.8) is 0 Å². The Bertz CT molecular complexity index is 607. The first-order valence-electron chi connectivity index (χ1n) is 6.76. The molecule has 0 aliphatic rings. The third kappa shape index (κ3) is 4.48. The molecule has 0 fully saturated rings. The maximum Gasteiger partial charge on any atom is 0.218 e. The molecule has 2 aromatic rings. The standard InChI is InChI=1S/C15H17Cl2N3O/c1-3-6-21-15-8-14(18-9-19-15)20-10(2)12-5-4-11(16)7-13(12)17/h4-5,7-10H,3,6H2,1-2H3,(H,18,19,20). The third-order valence-corrected chi connectivity index (χ3v) is 3.45. The Balaban J connectivity index is 2.10. The zero-order chi connectivity index (χ0) is 15.2. The molecule has 1 unspecified atom stereocenters. The molecule has 6 heteroatoms. The summed E-state index contributed by atoms with van der Waals surface area (Å²) < 4.78 is 5.49. The fourth-order valence-corrected chi connectivity index (χ4v) is 2.43. The first kappa shape index (κ1) is 15.9. The van der Waals surface area contributed by atoms with E-state index in [1.807, 2.05) is 26.0 Å². The highest BCUT2D eigenvalue weighted by molar-refractivity contribution is 6.35. The molecule has 2 rings (SSSR count). The van der Waals surface area contributed by atoms with E-state index in [1.54, 1.807) is 12.1 Å². The van der Waals surface area contributed by atoms with Gasteiger partial charge in [0.05, 0.1) is 12.6 Å². The van der Waals surface area contributed by atoms with Gasteiger partial charge in [-0.3, -0.25) is 0 Å². The van der Waals surface area contributed by atoms with Gasteiger partial charge in [0, 0.05) is 16.1 Å². The van der Waals surface area contributed by atoms with Crippen molar-refractivity contribution in [3.05, 3.63) is 46.2 Å². The van der Waals surface area contributed by atoms with E-state index >= 15 is 0 Å². The van der Waals surface area contributed by atoms with E-state index in [0.717, 1.165) is 12.0 Å². The molecule has 1 heterocycles. The highest BCUT2D eigenvalue weighted by Crippen LogP contribution is 2.28. The largest absolute Gasteiger partial charge is 0.478 e. The molecule has 0 aliphatic carbocycles. The van der Waals surface area contributed by atoms with E-state index < -0.39 is 0 Å². The summed E-state index contributed by atoms with van der Waals surface area (Å²) in [6.45, 7) is 4.68. The quantitative estimate of drug-likeness (QED) is 0.832. The van der Waals surface area contributed by atoms with Crippen LogP contribution in [0, 0.1) is 0 Å². The molecule has 0 saturated carbocycles. The van der Waals surface area contributed by atoms with Crippen LogP contribution in [-0.2, 0) is 0 Å². The van der Waals surface area contributed by atoms with Crippen LogP contribution in [0.1, 0.15) is 31.9 Å². The Morgan fingerprint density at radius 2 is 2.05 bits per heavy atom. The number of benzene rings is 1. The number of anilines is 1. The van der Waals surface area contributed by atoms with E-state index in [0.29, 0.717) is 28.3 Å². The second-order valence-corrected chi connectivity index (χ2v) is 5.47. The third-order valence-electron chi connectivity index (χ3n) is 2.89. The summed E-state index contributed by atoms with van der Waals surface area (Å²) in [5.74, 6) is 1.25. The summed E-state index contributed by atoms with van der Waals surface area (Å²) >= 11 is 12.1. The fraction of sp³-hybridized carbons (Fsp3) is 0.333. The van der Waals surface area contributed by atoms with Crippen molar-refractivity contribution in [1.82, 2.24) is 9.97 Å². The molecule has 0 bridgehead atoms. The molecule has 0 spiro atoms. The Morgan fingerprint density at radius 3 is 2.76 bits per heavy atom. The van der Waals surface area contributed by atoms with Gasteiger partial charge in [-0.1, -0.05) is 36.2 Å². The van der Waals surface area contributed by atoms with Crippen molar-refractivity contribution in [2.24, 2.45) is 0 Å². The van der Waals surface area contributed by atoms with Crippen LogP contribution in [-0.4, -0.2) is 16.6 Å². The number of nitrogens with one attached hydrogen (secondary N) is 1. The molecule has 0 amide bonds. The van der Waals surface area contributed by atoms with Gasteiger partial charge in [0.2, 0.25) is 5.88 Å². The van der Waals surface area contributed by atoms with Crippen LogP contribution in [0.2, 0.25) is 10.0 Å². The monoisotopic (exact) mass is 325 g/mol. The Labute approximate surface area is 134 Å². The van der Waals surface area contributed by atoms with Gasteiger partial charge in [0.15, 0.2) is 0 Å². The molecule has 1 aromatic heterocycles. The predicted octanol–water partition coefficient (Wildman–Crippen LogP) is 4.75. The number of ether oxygens (including phenoxy) is 1. The first-order chi connectivity index (χ1) is 10.1. The van der Waals surface area contributed by atoms with Gasteiger partial charge in [-0.05, 0) is 31.0 Å². The molecule has 1 aromatic carbocycles. The molecule has 112 valence electrons. The maximum absolute atomic E-state index is 6.21. The summed E-state index contributed by atoms with van der Waals surface area (Å²) in [6, 6.07) is 7.21. The number of hydrogen-bond acceptors (Lipinski definition) is 4. The number of rotatable bonds is 6. The van der Waals surface area contributed by atoms with Crippen LogP contribution < -0.4 is 10.1 Å². The second-order valence-electron chi connectivity index (χ2n) is 4.62. The molecule has 1 atom stereocenters. The first-order valence-corrected chi connectivity index (χ1v) is 7.52. The number of hydrogen-bond donors (Lipinski definition) is 1. The zero-order valence-electron chi connectivity index (χ0n) is 11.9. The van der Waals surface area contributed by atoms with E-state index in [9.17, 15) is 0 Å². The average molecular weight is 326 g/mol. The van der Waals surface area contributed by atoms with Crippen LogP contribution in [0.15, 0.2) is 30.6 Å². The Hall–Kier alpha value is -1.52. The zero-order valence-corrected chi connectivity index (χ0v) is 13.4. The van der Waals surface area contributed by atoms with Crippen molar-refractivity contribution in [3.8, 4) is 5.88 Å². The topological polar surface area (TPSA) is 47.0 Å². The molecule has 0 aliphatic heterocycles. The molecule has 4 nitrogen and oxygen atoms in total. The van der Waals surface area contributed by atoms with Crippen molar-refractivity contribution in [1.29, 1.82) is 0 Å². The molecule has 0 radical (unpaired) electrons. The van der Waals surface area contributed by atoms with E-state index in [2.05, 4.69) is 15.3 Å². The van der Waals surface area contributed by atoms with E-state index in [4.69, 9.17) is 27.9 Å². The van der Waals surface area contributed by atoms with Crippen LogP contribution in [0.3, 0.4) is 0 Å². The minimum absolute atomic E-state index is 0.0105. The van der Waals surface area contributed by atoms with Gasteiger partial charge >= 0.3 is 0 Å². The molecular weight excluding hydrogens is 309 g/mol. The maximum atomic E-state index is 6.21. The van der Waals surface area contributed by atoms with Gasteiger partial charge in [0.25, 0.3) is 0 Å². The molecule has 21 heavy (non-hydrogen) atoms. The van der Waals surface area contributed by atoms with E-state index in [-0.39, 0.29) is 6.04 Å². The Morgan fingerprint density at radius 1 is 1.24 bits per heavy atom. The van der Waals surface area contributed by atoms with Gasteiger partial charge < -0.3 is 10.1 Å². The summed E-state index contributed by atoms with van der Waals surface area (Å²) in [5.41, 5.74) is 0.954. The van der Waals surface area contributed by atoms with Gasteiger partial charge in [-0.15, -0.1) is 0 Å². The minimum Gasteiger partial charge on any atom is -0.478 e. The summed E-state index contributed by atoms with van der Waals surface area (Å²) in [4.78, 5) is 8.26. The lowest BCUT2D eigenvalue weighted by Gasteiger charge is -2.16. The molecule has 0 saturated heterocycles. The molecular formula is C15H17Cl2N3O. The van der Waals surface area contributed by atoms with Crippen LogP contribution in [0.25, 0.3) is 0 Å². The Kier molecular flexibility index (Phi) is 5.65. The summed E-state index contributed by atoms with van der Waals surface area (Å²) in [6.07, 6.45) is 2.41. The van der Waals surface area contributed by atoms with Crippen molar-refractivity contribution < 1.29 is 4.74 Å². The van der Waals surface area contributed by atoms with Crippen molar-refractivity contribution in [2.75, 3.05) is 11.9 Å². The van der Waals surface area contributed by atoms with Crippen LogP contribution >= 0.6 is 23.2 Å². The SMILES string of the molecule is CCCOc1cc(NC(C)c2ccc(Cl)cc2Cl)ncn1. The van der Waals surface area contributed by atoms with E-state index in [1.165, 1.54) is 6.33 Å². The lowest BCUT2D eigenvalue weighted by Crippen LogP contribution is -2.09. The predicted molar refractivity (Wildman–Crippen MR) is 86.3 cm³/mol. The van der Waals surface area contributed by atoms with Gasteiger partial charge in [-0.2, -0.15) is 0 Å². The highest BCUT2D eigenvalue weighted by Gasteiger charge is 2.11. The average Bonchev–Trinajstić information content (AvgIpc) is 2.45. The second kappa shape index (κ2) is 7.48. The molecule has 1 N–H and O–H groups in total. The fourth-order valence-electron chi connectivity index (χ4n) is 1.86. The summed E-state index contributed by atoms with van der Waals surface area (Å²) in [5, 5.41) is 4.52. The van der Waals surface area contributed by atoms with Crippen molar-refractivity contribution >= 4 is 29.0 Å². The smallest absolute Gasteiger partial charge is 0.218 e. The lowest BCUT2D eigenvalue weighted by molar-refractivity contribution is 0.305. The van der Waals surface area contributed by atoms with Crippen LogP contribution in [0.4, 0.5) is 5.82 Å². The number of nitrogens with zero attached hydrogens (tertiary/aromatic N) is 2. The number of halogens is 2. The highest BCUT2D eigenvalue weighted by atomic mass is 35.5. The summed E-state index contributed by atoms with van der Waals surface area (Å²) in [7, 11) is 0. The van der Waals surface area contributed by atoms with Crippen molar-refractivity contribution in [2.45, 2.75) is 26.3 Å². The van der Waals surface area contributed by atoms with Crippen LogP contribution in [0.5, 0.6) is 5.88 Å². The van der Waals surface area contributed by atoms with Gasteiger partial charge in [0.1, 0.15) is 12.1 Å². The lowest BCUT2D eigenvalue weighted by atomic mass is 10.1. The van der Waals surface area contributed by atoms with Gasteiger partial charge in [-0.25, -0.2) is 9.97 Å². The normalized spacial score (nSPS) is 12.0. The number of aromatic nitrogens is 2.